The molecule has 1 aromatic carbocycles. The number of ether oxygens (including phenoxy) is 1. The van der Waals surface area contributed by atoms with Crippen molar-refractivity contribution in [1.29, 1.82) is 0 Å². The van der Waals surface area contributed by atoms with Gasteiger partial charge in [-0.25, -0.2) is 0 Å². The normalized spacial score (nSPS) is 43.2. The number of aliphatic hydroxyl groups is 1. The van der Waals surface area contributed by atoms with Crippen LogP contribution in [0.5, 0.6) is 5.75 Å². The van der Waals surface area contributed by atoms with E-state index in [1.54, 1.807) is 7.11 Å². The van der Waals surface area contributed by atoms with Crippen molar-refractivity contribution in [2.45, 2.75) is 57.5 Å². The molecule has 2 saturated carbocycles. The van der Waals surface area contributed by atoms with Crippen molar-refractivity contribution >= 4 is 5.78 Å². The van der Waals surface area contributed by atoms with Crippen LogP contribution in [0.3, 0.4) is 0 Å². The van der Waals surface area contributed by atoms with Crippen LogP contribution >= 0.6 is 0 Å². The van der Waals surface area contributed by atoms with Gasteiger partial charge in [0.1, 0.15) is 5.75 Å². The van der Waals surface area contributed by atoms with Gasteiger partial charge in [-0.15, -0.1) is 0 Å². The van der Waals surface area contributed by atoms with Gasteiger partial charge in [0.05, 0.1) is 12.7 Å². The lowest BCUT2D eigenvalue weighted by atomic mass is 9.46. The predicted molar refractivity (Wildman–Crippen MR) is 114 cm³/mol. The molecule has 4 aliphatic rings. The molecule has 0 bridgehead atoms. The highest BCUT2D eigenvalue weighted by molar-refractivity contribution is 5.91. The second kappa shape index (κ2) is 6.57. The molecule has 0 spiro atoms. The molecule has 0 saturated heterocycles. The summed E-state index contributed by atoms with van der Waals surface area (Å²) >= 11 is 0. The zero-order chi connectivity index (χ0) is 20.4. The highest BCUT2D eigenvalue weighted by Crippen LogP contribution is 2.66. The maximum Gasteiger partial charge on any atom is 0.155 e. The molecule has 4 aliphatic carbocycles. The van der Waals surface area contributed by atoms with Crippen molar-refractivity contribution in [3.05, 3.63) is 53.6 Å². The number of ketones is 1. The molecule has 7 atom stereocenters. The van der Waals surface area contributed by atoms with E-state index in [0.717, 1.165) is 31.4 Å². The molecule has 0 heterocycles. The fraction of sp³-hybridized carbons (Fsp3) is 0.577. The van der Waals surface area contributed by atoms with Crippen molar-refractivity contribution < 1.29 is 14.6 Å². The van der Waals surface area contributed by atoms with Crippen LogP contribution in [0.4, 0.5) is 0 Å². The highest BCUT2D eigenvalue weighted by Gasteiger charge is 2.61. The monoisotopic (exact) mass is 392 g/mol. The van der Waals surface area contributed by atoms with E-state index in [0.29, 0.717) is 41.8 Å². The van der Waals surface area contributed by atoms with Crippen LogP contribution in [-0.2, 0) is 4.79 Å². The number of benzene rings is 1. The average molecular weight is 393 g/mol. The number of hydrogen-bond acceptors (Lipinski definition) is 3. The van der Waals surface area contributed by atoms with Gasteiger partial charge in [0.25, 0.3) is 0 Å². The predicted octanol–water partition coefficient (Wildman–Crippen LogP) is 5.06. The number of carbonyl (C=O) groups is 1. The molecule has 0 unspecified atom stereocenters. The van der Waals surface area contributed by atoms with Gasteiger partial charge in [0.15, 0.2) is 5.78 Å². The molecule has 2 fully saturated rings. The van der Waals surface area contributed by atoms with Crippen LogP contribution in [0.15, 0.2) is 48.1 Å². The Balaban J connectivity index is 1.60. The Morgan fingerprint density at radius 2 is 1.83 bits per heavy atom. The van der Waals surface area contributed by atoms with E-state index in [1.165, 1.54) is 11.1 Å². The van der Waals surface area contributed by atoms with Crippen LogP contribution in [0, 0.1) is 29.1 Å². The van der Waals surface area contributed by atoms with E-state index in [2.05, 4.69) is 43.3 Å². The average Bonchev–Trinajstić information content (AvgIpc) is 2.96. The molecule has 3 heteroatoms. The Kier molecular flexibility index (Phi) is 4.33. The quantitative estimate of drug-likeness (QED) is 0.716. The van der Waals surface area contributed by atoms with Crippen molar-refractivity contribution in [2.75, 3.05) is 7.11 Å². The molecule has 1 aromatic rings. The number of carbonyl (C=O) groups excluding carboxylic acids is 1. The summed E-state index contributed by atoms with van der Waals surface area (Å²) in [5, 5.41) is 11.3. The summed E-state index contributed by atoms with van der Waals surface area (Å²) in [6.07, 6.45) is 11.1. The summed E-state index contributed by atoms with van der Waals surface area (Å²) in [5.74, 6) is 3.58. The van der Waals surface area contributed by atoms with Crippen molar-refractivity contribution in [1.82, 2.24) is 0 Å². The smallest absolute Gasteiger partial charge is 0.155 e. The van der Waals surface area contributed by atoms with E-state index in [1.807, 2.05) is 13.0 Å². The minimum Gasteiger partial charge on any atom is -0.497 e. The van der Waals surface area contributed by atoms with Crippen LogP contribution in [-0.4, -0.2) is 23.6 Å². The van der Waals surface area contributed by atoms with Gasteiger partial charge in [0.2, 0.25) is 0 Å². The Bertz CT molecular complexity index is 878. The maximum absolute atomic E-state index is 12.1. The Hall–Kier alpha value is -1.87. The lowest BCUT2D eigenvalue weighted by molar-refractivity contribution is -0.117. The number of hydrogen-bond donors (Lipinski definition) is 1. The number of fused-ring (bicyclic) bond motifs is 5. The standard InChI is InChI=1S/C26H32O3/c1-25-15-22(16-4-8-19(29-3)9-5-16)24-20-11-7-18(27)14-17(20)6-10-21(24)23(25)12-13-26(25,2)28/h4-5,8-9,12-14,20-24,28H,6-7,10-11,15H2,1-3H3/t20-,21-,22+,23-,24+,25-,26-/m0/s1. The van der Waals surface area contributed by atoms with Crippen molar-refractivity contribution in [2.24, 2.45) is 29.1 Å². The summed E-state index contributed by atoms with van der Waals surface area (Å²) in [6, 6.07) is 8.56. The van der Waals surface area contributed by atoms with Crippen LogP contribution in [0.1, 0.15) is 57.4 Å². The summed E-state index contributed by atoms with van der Waals surface area (Å²) in [5.41, 5.74) is 1.82. The van der Waals surface area contributed by atoms with E-state index in [4.69, 9.17) is 4.74 Å². The minimum atomic E-state index is -0.772. The number of rotatable bonds is 2. The topological polar surface area (TPSA) is 46.5 Å². The van der Waals surface area contributed by atoms with E-state index >= 15 is 0 Å². The molecular weight excluding hydrogens is 360 g/mol. The molecule has 1 N–H and O–H groups in total. The third-order valence-corrected chi connectivity index (χ3v) is 8.88. The zero-order valence-electron chi connectivity index (χ0n) is 17.7. The Morgan fingerprint density at radius 3 is 2.55 bits per heavy atom. The summed E-state index contributed by atoms with van der Waals surface area (Å²) < 4.78 is 5.39. The first kappa shape index (κ1) is 19.1. The maximum atomic E-state index is 12.1. The largest absolute Gasteiger partial charge is 0.497 e. The van der Waals surface area contributed by atoms with Crippen molar-refractivity contribution in [3.8, 4) is 5.75 Å². The fourth-order valence-electron chi connectivity index (χ4n) is 7.16. The Morgan fingerprint density at radius 1 is 1.07 bits per heavy atom. The van der Waals surface area contributed by atoms with Crippen molar-refractivity contribution in [3.63, 3.8) is 0 Å². The van der Waals surface area contributed by atoms with Crippen LogP contribution in [0.2, 0.25) is 0 Å². The lowest BCUT2D eigenvalue weighted by Gasteiger charge is -2.58. The molecule has 29 heavy (non-hydrogen) atoms. The molecule has 0 amide bonds. The number of allylic oxidation sites excluding steroid dienone is 3. The second-order valence-electron chi connectivity index (χ2n) is 10.1. The third kappa shape index (κ3) is 2.77. The molecule has 3 nitrogen and oxygen atoms in total. The summed E-state index contributed by atoms with van der Waals surface area (Å²) in [4.78, 5) is 12.1. The first-order valence-electron chi connectivity index (χ1n) is 11.1. The highest BCUT2D eigenvalue weighted by atomic mass is 16.5. The molecule has 0 aromatic heterocycles. The first-order chi connectivity index (χ1) is 13.8. The Labute approximate surface area is 173 Å². The number of methoxy groups -OCH3 is 1. The van der Waals surface area contributed by atoms with Gasteiger partial charge in [-0.05, 0) is 86.0 Å². The van der Waals surface area contributed by atoms with E-state index in [-0.39, 0.29) is 5.41 Å². The third-order valence-electron chi connectivity index (χ3n) is 8.88. The van der Waals surface area contributed by atoms with Gasteiger partial charge >= 0.3 is 0 Å². The molecule has 5 rings (SSSR count). The first-order valence-corrected chi connectivity index (χ1v) is 11.1. The lowest BCUT2D eigenvalue weighted by Crippen LogP contribution is -2.54. The van der Waals surface area contributed by atoms with E-state index in [9.17, 15) is 9.90 Å². The van der Waals surface area contributed by atoms with Gasteiger partial charge in [0, 0.05) is 11.8 Å². The molecule has 0 aliphatic heterocycles. The second-order valence-corrected chi connectivity index (χ2v) is 10.1. The van der Waals surface area contributed by atoms with Crippen LogP contribution in [0.25, 0.3) is 0 Å². The summed E-state index contributed by atoms with van der Waals surface area (Å²) in [6.45, 7) is 4.28. The fourth-order valence-corrected chi connectivity index (χ4v) is 7.16. The molecule has 154 valence electrons. The van der Waals surface area contributed by atoms with E-state index < -0.39 is 5.60 Å². The molecular formula is C26H32O3. The molecule has 0 radical (unpaired) electrons. The van der Waals surface area contributed by atoms with Gasteiger partial charge in [-0.1, -0.05) is 36.8 Å². The zero-order valence-corrected chi connectivity index (χ0v) is 17.7. The minimum absolute atomic E-state index is 0.148. The SMILES string of the molecule is COc1ccc([C@H]2C[C@@]3(C)[C@@H](C=C[C@]3(C)O)[C@@H]3CCC4=CC(=O)CC[C@@H]4[C@H]32)cc1. The van der Waals surface area contributed by atoms with Gasteiger partial charge in [-0.3, -0.25) is 4.79 Å². The van der Waals surface area contributed by atoms with Gasteiger partial charge < -0.3 is 9.84 Å². The van der Waals surface area contributed by atoms with Gasteiger partial charge in [-0.2, -0.15) is 0 Å². The van der Waals surface area contributed by atoms with Crippen LogP contribution < -0.4 is 4.74 Å². The summed E-state index contributed by atoms with van der Waals surface area (Å²) in [7, 11) is 1.70.